The van der Waals surface area contributed by atoms with Crippen LogP contribution in [0.4, 0.5) is 4.79 Å². The zero-order chi connectivity index (χ0) is 18.3. The number of imide groups is 1. The van der Waals surface area contributed by atoms with Crippen molar-refractivity contribution in [2.24, 2.45) is 0 Å². The summed E-state index contributed by atoms with van der Waals surface area (Å²) in [6.45, 7) is 0.231. The minimum atomic E-state index is -0.969. The molecule has 2 aromatic carbocycles. The van der Waals surface area contributed by atoms with Gasteiger partial charge in [0.25, 0.3) is 5.91 Å². The van der Waals surface area contributed by atoms with E-state index in [1.807, 2.05) is 30.3 Å². The van der Waals surface area contributed by atoms with E-state index in [9.17, 15) is 9.59 Å². The Balaban J connectivity index is 1.68. The summed E-state index contributed by atoms with van der Waals surface area (Å²) in [7, 11) is 1.62. The largest absolute Gasteiger partial charge is 0.497 e. The first-order valence-corrected chi connectivity index (χ1v) is 8.97. The molecule has 6 heteroatoms. The molecule has 1 spiro atoms. The Morgan fingerprint density at radius 1 is 1.19 bits per heavy atom. The van der Waals surface area contributed by atoms with E-state index in [0.717, 1.165) is 35.3 Å². The summed E-state index contributed by atoms with van der Waals surface area (Å²) in [4.78, 5) is 27.2. The summed E-state index contributed by atoms with van der Waals surface area (Å²) in [5.74, 6) is 0.569. The van der Waals surface area contributed by atoms with Gasteiger partial charge in [-0.1, -0.05) is 29.8 Å². The Morgan fingerprint density at radius 3 is 2.69 bits per heavy atom. The maximum Gasteiger partial charge on any atom is 0.325 e. The van der Waals surface area contributed by atoms with E-state index >= 15 is 0 Å². The number of amides is 3. The molecule has 4 rings (SSSR count). The van der Waals surface area contributed by atoms with Crippen LogP contribution in [0.3, 0.4) is 0 Å². The highest BCUT2D eigenvalue weighted by Crippen LogP contribution is 2.41. The number of methoxy groups -OCH3 is 1. The van der Waals surface area contributed by atoms with Crippen LogP contribution in [0.5, 0.6) is 5.75 Å². The second-order valence-corrected chi connectivity index (χ2v) is 7.17. The zero-order valence-electron chi connectivity index (χ0n) is 14.4. The van der Waals surface area contributed by atoms with Gasteiger partial charge in [-0.2, -0.15) is 0 Å². The smallest absolute Gasteiger partial charge is 0.325 e. The van der Waals surface area contributed by atoms with Crippen LogP contribution in [-0.4, -0.2) is 23.9 Å². The average Bonchev–Trinajstić information content (AvgIpc) is 2.88. The zero-order valence-corrected chi connectivity index (χ0v) is 15.2. The molecular weight excluding hydrogens is 352 g/mol. The molecule has 0 radical (unpaired) electrons. The first-order valence-electron chi connectivity index (χ1n) is 8.59. The maximum atomic E-state index is 13.3. The third-order valence-electron chi connectivity index (χ3n) is 5.20. The number of nitrogens with zero attached hydrogens (tertiary/aromatic N) is 1. The number of aryl methyl sites for hydroxylation is 1. The van der Waals surface area contributed by atoms with E-state index in [1.54, 1.807) is 19.2 Å². The van der Waals surface area contributed by atoms with E-state index in [0.29, 0.717) is 11.4 Å². The first kappa shape index (κ1) is 16.9. The molecule has 2 aromatic rings. The van der Waals surface area contributed by atoms with Crippen molar-refractivity contribution >= 4 is 23.5 Å². The fourth-order valence-electron chi connectivity index (χ4n) is 3.89. The Bertz CT molecular complexity index is 881. The molecule has 1 atom stereocenters. The van der Waals surface area contributed by atoms with Crippen molar-refractivity contribution in [3.05, 3.63) is 64.2 Å². The summed E-state index contributed by atoms with van der Waals surface area (Å²) in [5.41, 5.74) is 1.82. The molecule has 2 aliphatic rings. The molecule has 1 fully saturated rings. The summed E-state index contributed by atoms with van der Waals surface area (Å²) < 4.78 is 5.30. The Kier molecular flexibility index (Phi) is 4.11. The van der Waals surface area contributed by atoms with Gasteiger partial charge in [0.1, 0.15) is 11.3 Å². The van der Waals surface area contributed by atoms with Crippen molar-refractivity contribution in [3.63, 3.8) is 0 Å². The van der Waals surface area contributed by atoms with E-state index < -0.39 is 5.54 Å². The van der Waals surface area contributed by atoms with Gasteiger partial charge in [0.05, 0.1) is 13.7 Å². The van der Waals surface area contributed by atoms with Gasteiger partial charge in [-0.3, -0.25) is 9.69 Å². The Hall–Kier alpha value is -2.53. The van der Waals surface area contributed by atoms with Crippen molar-refractivity contribution in [2.45, 2.75) is 31.3 Å². The summed E-state index contributed by atoms with van der Waals surface area (Å²) in [6, 6.07) is 12.5. The van der Waals surface area contributed by atoms with Crippen LogP contribution >= 0.6 is 11.6 Å². The van der Waals surface area contributed by atoms with E-state index in [2.05, 4.69) is 5.32 Å². The Labute approximate surface area is 156 Å². The summed E-state index contributed by atoms with van der Waals surface area (Å²) >= 11 is 5.91. The quantitative estimate of drug-likeness (QED) is 0.839. The van der Waals surface area contributed by atoms with Crippen LogP contribution in [0.2, 0.25) is 5.02 Å². The van der Waals surface area contributed by atoms with Gasteiger partial charge in [0, 0.05) is 5.02 Å². The lowest BCUT2D eigenvalue weighted by atomic mass is 9.76. The molecule has 0 unspecified atom stereocenters. The number of halogens is 1. The van der Waals surface area contributed by atoms with E-state index in [1.165, 1.54) is 4.90 Å². The first-order chi connectivity index (χ1) is 12.5. The fraction of sp³-hybridized carbons (Fsp3) is 0.300. The molecule has 26 heavy (non-hydrogen) atoms. The van der Waals surface area contributed by atoms with Gasteiger partial charge in [0.2, 0.25) is 0 Å². The SMILES string of the molecule is COc1ccc2c(c1)CCC[C@]21NC(=O)N(Cc2ccc(Cl)cc2)C1=O. The molecule has 1 heterocycles. The molecule has 1 aliphatic heterocycles. The molecule has 1 aliphatic carbocycles. The lowest BCUT2D eigenvalue weighted by Gasteiger charge is -2.33. The predicted molar refractivity (Wildman–Crippen MR) is 98.1 cm³/mol. The average molecular weight is 371 g/mol. The number of benzene rings is 2. The molecular formula is C20H19ClN2O3. The lowest BCUT2D eigenvalue weighted by Crippen LogP contribution is -2.46. The molecule has 1 saturated heterocycles. The molecule has 0 bridgehead atoms. The molecule has 5 nitrogen and oxygen atoms in total. The van der Waals surface area contributed by atoms with Gasteiger partial charge in [-0.05, 0) is 60.2 Å². The standard InChI is InChI=1S/C20H19ClN2O3/c1-26-16-8-9-17-14(11-16)3-2-10-20(17)18(24)23(19(25)22-20)12-13-4-6-15(21)7-5-13/h4-9,11H,2-3,10,12H2,1H3,(H,22,25)/t20-/m0/s1. The third kappa shape index (κ3) is 2.63. The van der Waals surface area contributed by atoms with Crippen molar-refractivity contribution in [3.8, 4) is 5.75 Å². The molecule has 3 amide bonds. The number of nitrogens with one attached hydrogen (secondary N) is 1. The molecule has 1 N–H and O–H groups in total. The summed E-state index contributed by atoms with van der Waals surface area (Å²) in [6.07, 6.45) is 2.31. The monoisotopic (exact) mass is 370 g/mol. The van der Waals surface area contributed by atoms with Crippen LogP contribution in [0.25, 0.3) is 0 Å². The van der Waals surface area contributed by atoms with Crippen LogP contribution in [0.15, 0.2) is 42.5 Å². The fourth-order valence-corrected chi connectivity index (χ4v) is 4.02. The van der Waals surface area contributed by atoms with Crippen LogP contribution < -0.4 is 10.1 Å². The normalized spacial score (nSPS) is 21.7. The number of urea groups is 1. The number of hydrogen-bond acceptors (Lipinski definition) is 3. The van der Waals surface area contributed by atoms with Crippen molar-refractivity contribution in [1.29, 1.82) is 0 Å². The van der Waals surface area contributed by atoms with Gasteiger partial charge in [0.15, 0.2) is 0 Å². The van der Waals surface area contributed by atoms with Crippen molar-refractivity contribution in [2.75, 3.05) is 7.11 Å². The number of hydrogen-bond donors (Lipinski definition) is 1. The number of fused-ring (bicyclic) bond motifs is 2. The van der Waals surface area contributed by atoms with E-state index in [-0.39, 0.29) is 18.5 Å². The predicted octanol–water partition coefficient (Wildman–Crippen LogP) is 3.63. The maximum absolute atomic E-state index is 13.3. The van der Waals surface area contributed by atoms with Crippen LogP contribution in [0.1, 0.15) is 29.5 Å². The molecule has 0 saturated carbocycles. The number of carbonyl (C=O) groups excluding carboxylic acids is 2. The topological polar surface area (TPSA) is 58.6 Å². The second kappa shape index (κ2) is 6.32. The number of ether oxygens (including phenoxy) is 1. The highest BCUT2D eigenvalue weighted by molar-refractivity contribution is 6.30. The van der Waals surface area contributed by atoms with E-state index in [4.69, 9.17) is 16.3 Å². The number of carbonyl (C=O) groups is 2. The second-order valence-electron chi connectivity index (χ2n) is 6.73. The lowest BCUT2D eigenvalue weighted by molar-refractivity contribution is -0.132. The highest BCUT2D eigenvalue weighted by atomic mass is 35.5. The molecule has 0 aromatic heterocycles. The van der Waals surface area contributed by atoms with Crippen molar-refractivity contribution in [1.82, 2.24) is 10.2 Å². The highest BCUT2D eigenvalue weighted by Gasteiger charge is 2.53. The van der Waals surface area contributed by atoms with Gasteiger partial charge >= 0.3 is 6.03 Å². The van der Waals surface area contributed by atoms with Gasteiger partial charge in [-0.15, -0.1) is 0 Å². The minimum Gasteiger partial charge on any atom is -0.497 e. The molecule has 134 valence electrons. The summed E-state index contributed by atoms with van der Waals surface area (Å²) in [5, 5.41) is 3.59. The third-order valence-corrected chi connectivity index (χ3v) is 5.45. The minimum absolute atomic E-state index is 0.191. The van der Waals surface area contributed by atoms with Crippen molar-refractivity contribution < 1.29 is 14.3 Å². The van der Waals surface area contributed by atoms with Gasteiger partial charge in [-0.25, -0.2) is 4.79 Å². The number of rotatable bonds is 3. The van der Waals surface area contributed by atoms with Gasteiger partial charge < -0.3 is 10.1 Å². The Morgan fingerprint density at radius 2 is 1.96 bits per heavy atom. The van der Waals surface area contributed by atoms with Crippen LogP contribution in [-0.2, 0) is 23.3 Å². The van der Waals surface area contributed by atoms with Crippen LogP contribution in [0, 0.1) is 0 Å².